The maximum atomic E-state index is 11.7. The second-order valence-electron chi connectivity index (χ2n) is 5.60. The Morgan fingerprint density at radius 3 is 2.52 bits per heavy atom. The van der Waals surface area contributed by atoms with Crippen molar-refractivity contribution in [2.24, 2.45) is 0 Å². The van der Waals surface area contributed by atoms with Crippen LogP contribution < -0.4 is 10.6 Å². The van der Waals surface area contributed by atoms with E-state index in [4.69, 9.17) is 4.74 Å². The molecule has 2 amide bonds. The SMILES string of the molecule is CC(C)(C)OC(=O)NCCCC(=O)Nc1ccccc1O. The highest BCUT2D eigenvalue weighted by molar-refractivity contribution is 5.92. The van der Waals surface area contributed by atoms with Crippen LogP contribution in [0.1, 0.15) is 33.6 Å². The number of alkyl carbamates (subject to hydrolysis) is 1. The van der Waals surface area contributed by atoms with Crippen LogP contribution in [0.15, 0.2) is 24.3 Å². The summed E-state index contributed by atoms with van der Waals surface area (Å²) >= 11 is 0. The number of rotatable bonds is 5. The number of carbonyl (C=O) groups is 2. The number of para-hydroxylation sites is 2. The first-order valence-corrected chi connectivity index (χ1v) is 6.82. The minimum atomic E-state index is -0.535. The van der Waals surface area contributed by atoms with Crippen molar-refractivity contribution in [1.82, 2.24) is 5.32 Å². The number of benzene rings is 1. The number of hydrogen-bond donors (Lipinski definition) is 3. The van der Waals surface area contributed by atoms with Crippen LogP contribution in [0.2, 0.25) is 0 Å². The molecule has 1 aromatic carbocycles. The molecule has 1 aromatic rings. The summed E-state index contributed by atoms with van der Waals surface area (Å²) in [6.07, 6.45) is 0.228. The van der Waals surface area contributed by atoms with Crippen LogP contribution in [0.4, 0.5) is 10.5 Å². The van der Waals surface area contributed by atoms with Crippen LogP contribution in [0, 0.1) is 0 Å². The lowest BCUT2D eigenvalue weighted by molar-refractivity contribution is -0.116. The number of phenols is 1. The third-order valence-corrected chi connectivity index (χ3v) is 2.43. The highest BCUT2D eigenvalue weighted by Crippen LogP contribution is 2.21. The lowest BCUT2D eigenvalue weighted by atomic mass is 10.2. The average molecular weight is 294 g/mol. The third kappa shape index (κ3) is 7.20. The van der Waals surface area contributed by atoms with Gasteiger partial charge in [0, 0.05) is 13.0 Å². The van der Waals surface area contributed by atoms with Gasteiger partial charge in [0.2, 0.25) is 5.91 Å². The second-order valence-corrected chi connectivity index (χ2v) is 5.60. The van der Waals surface area contributed by atoms with Gasteiger partial charge in [-0.05, 0) is 39.3 Å². The van der Waals surface area contributed by atoms with Gasteiger partial charge < -0.3 is 20.5 Å². The Hall–Kier alpha value is -2.24. The minimum Gasteiger partial charge on any atom is -0.506 e. The topological polar surface area (TPSA) is 87.7 Å². The van der Waals surface area contributed by atoms with Crippen molar-refractivity contribution in [3.63, 3.8) is 0 Å². The lowest BCUT2D eigenvalue weighted by Crippen LogP contribution is -2.33. The van der Waals surface area contributed by atoms with Gasteiger partial charge in [0.15, 0.2) is 0 Å². The van der Waals surface area contributed by atoms with Crippen LogP contribution >= 0.6 is 0 Å². The first-order valence-electron chi connectivity index (χ1n) is 6.82. The van der Waals surface area contributed by atoms with Gasteiger partial charge in [0.1, 0.15) is 11.4 Å². The molecule has 21 heavy (non-hydrogen) atoms. The van der Waals surface area contributed by atoms with Crippen molar-refractivity contribution in [2.45, 2.75) is 39.2 Å². The smallest absolute Gasteiger partial charge is 0.407 e. The molecule has 6 nitrogen and oxygen atoms in total. The van der Waals surface area contributed by atoms with Gasteiger partial charge in [-0.1, -0.05) is 12.1 Å². The Bertz CT molecular complexity index is 495. The quantitative estimate of drug-likeness (QED) is 0.575. The van der Waals surface area contributed by atoms with E-state index >= 15 is 0 Å². The molecule has 0 atom stereocenters. The molecule has 0 aromatic heterocycles. The van der Waals surface area contributed by atoms with E-state index in [9.17, 15) is 14.7 Å². The van der Waals surface area contributed by atoms with E-state index in [1.807, 2.05) is 0 Å². The monoisotopic (exact) mass is 294 g/mol. The number of anilines is 1. The van der Waals surface area contributed by atoms with Crippen molar-refractivity contribution >= 4 is 17.7 Å². The van der Waals surface area contributed by atoms with Gasteiger partial charge in [0.25, 0.3) is 0 Å². The molecule has 0 fully saturated rings. The first kappa shape index (κ1) is 16.8. The van der Waals surface area contributed by atoms with Gasteiger partial charge in [-0.25, -0.2) is 4.79 Å². The number of hydrogen-bond acceptors (Lipinski definition) is 4. The molecule has 0 saturated heterocycles. The Kier molecular flexibility index (Phi) is 6.02. The fraction of sp³-hybridized carbons (Fsp3) is 0.467. The summed E-state index contributed by atoms with van der Waals surface area (Å²) in [5.41, 5.74) is -0.158. The molecular formula is C15H22N2O4. The lowest BCUT2D eigenvalue weighted by Gasteiger charge is -2.19. The van der Waals surface area contributed by atoms with Gasteiger partial charge in [-0.2, -0.15) is 0 Å². The minimum absolute atomic E-state index is 0.0257. The number of aromatic hydroxyl groups is 1. The van der Waals surface area contributed by atoms with E-state index in [1.54, 1.807) is 39.0 Å². The zero-order valence-corrected chi connectivity index (χ0v) is 12.6. The second kappa shape index (κ2) is 7.52. The zero-order chi connectivity index (χ0) is 15.9. The molecule has 1 rings (SSSR count). The molecule has 0 heterocycles. The molecule has 0 aliphatic heterocycles. The Morgan fingerprint density at radius 1 is 1.24 bits per heavy atom. The van der Waals surface area contributed by atoms with E-state index in [-0.39, 0.29) is 18.1 Å². The van der Waals surface area contributed by atoms with Crippen molar-refractivity contribution in [1.29, 1.82) is 0 Å². The fourth-order valence-corrected chi connectivity index (χ4v) is 1.55. The van der Waals surface area contributed by atoms with Crippen LogP contribution in [0.25, 0.3) is 0 Å². The van der Waals surface area contributed by atoms with Gasteiger partial charge in [0.05, 0.1) is 5.69 Å². The molecular weight excluding hydrogens is 272 g/mol. The van der Waals surface area contributed by atoms with E-state index in [1.165, 1.54) is 6.07 Å². The van der Waals surface area contributed by atoms with Crippen molar-refractivity contribution in [2.75, 3.05) is 11.9 Å². The van der Waals surface area contributed by atoms with E-state index in [2.05, 4.69) is 10.6 Å². The van der Waals surface area contributed by atoms with Gasteiger partial charge in [-0.3, -0.25) is 4.79 Å². The predicted octanol–water partition coefficient (Wildman–Crippen LogP) is 2.64. The number of ether oxygens (including phenoxy) is 1. The molecule has 0 aliphatic rings. The van der Waals surface area contributed by atoms with Crippen LogP contribution in [-0.4, -0.2) is 29.3 Å². The standard InChI is InChI=1S/C15H22N2O4/c1-15(2,3)21-14(20)16-10-6-9-13(19)17-11-7-4-5-8-12(11)18/h4-5,7-8,18H,6,9-10H2,1-3H3,(H,16,20)(H,17,19). The largest absolute Gasteiger partial charge is 0.506 e. The normalized spacial score (nSPS) is 10.8. The molecule has 0 unspecified atom stereocenters. The Labute approximate surface area is 124 Å². The first-order chi connectivity index (χ1) is 9.78. The fourth-order valence-electron chi connectivity index (χ4n) is 1.55. The summed E-state index contributed by atoms with van der Waals surface area (Å²) in [5.74, 6) is -0.194. The summed E-state index contributed by atoms with van der Waals surface area (Å²) in [7, 11) is 0. The molecule has 0 saturated carbocycles. The number of nitrogens with one attached hydrogen (secondary N) is 2. The highest BCUT2D eigenvalue weighted by Gasteiger charge is 2.15. The highest BCUT2D eigenvalue weighted by atomic mass is 16.6. The van der Waals surface area contributed by atoms with Crippen LogP contribution in [0.3, 0.4) is 0 Å². The van der Waals surface area contributed by atoms with Crippen LogP contribution in [-0.2, 0) is 9.53 Å². The summed E-state index contributed by atoms with van der Waals surface area (Å²) < 4.78 is 5.07. The summed E-state index contributed by atoms with van der Waals surface area (Å²) in [6.45, 7) is 5.70. The Morgan fingerprint density at radius 2 is 1.90 bits per heavy atom. The number of carbonyl (C=O) groups excluding carboxylic acids is 2. The Balaban J connectivity index is 2.23. The van der Waals surface area contributed by atoms with E-state index in [0.29, 0.717) is 18.7 Å². The predicted molar refractivity (Wildman–Crippen MR) is 80.2 cm³/mol. The molecule has 0 radical (unpaired) electrons. The van der Waals surface area contributed by atoms with Gasteiger partial charge in [-0.15, -0.1) is 0 Å². The van der Waals surface area contributed by atoms with Crippen LogP contribution in [0.5, 0.6) is 5.75 Å². The van der Waals surface area contributed by atoms with Crippen molar-refractivity contribution in [3.8, 4) is 5.75 Å². The van der Waals surface area contributed by atoms with E-state index < -0.39 is 11.7 Å². The average Bonchev–Trinajstić information content (AvgIpc) is 2.35. The zero-order valence-electron chi connectivity index (χ0n) is 12.6. The number of phenolic OH excluding ortho intramolecular Hbond substituents is 1. The molecule has 116 valence electrons. The molecule has 0 spiro atoms. The molecule has 6 heteroatoms. The molecule has 3 N–H and O–H groups in total. The summed E-state index contributed by atoms with van der Waals surface area (Å²) in [4.78, 5) is 23.0. The maximum absolute atomic E-state index is 11.7. The summed E-state index contributed by atoms with van der Waals surface area (Å²) in [6, 6.07) is 6.51. The van der Waals surface area contributed by atoms with E-state index in [0.717, 1.165) is 0 Å². The third-order valence-electron chi connectivity index (χ3n) is 2.43. The summed E-state index contributed by atoms with van der Waals surface area (Å²) in [5, 5.41) is 14.7. The molecule has 0 aliphatic carbocycles. The number of amides is 2. The van der Waals surface area contributed by atoms with Crippen molar-refractivity contribution < 1.29 is 19.4 Å². The molecule has 0 bridgehead atoms. The van der Waals surface area contributed by atoms with Gasteiger partial charge >= 0.3 is 6.09 Å². The van der Waals surface area contributed by atoms with Crippen molar-refractivity contribution in [3.05, 3.63) is 24.3 Å². The maximum Gasteiger partial charge on any atom is 0.407 e.